The van der Waals surface area contributed by atoms with Crippen molar-refractivity contribution >= 4 is 11.9 Å². The molecule has 22 heavy (non-hydrogen) atoms. The van der Waals surface area contributed by atoms with E-state index in [-0.39, 0.29) is 18.0 Å². The molecule has 1 N–H and O–H groups in total. The summed E-state index contributed by atoms with van der Waals surface area (Å²) in [5, 5.41) is 3.07. The van der Waals surface area contributed by atoms with Crippen molar-refractivity contribution in [2.24, 2.45) is 11.8 Å². The van der Waals surface area contributed by atoms with E-state index >= 15 is 0 Å². The molecule has 3 amide bonds. The number of carbonyl (C=O) groups excluding carboxylic acids is 2. The molecule has 0 aromatic heterocycles. The number of nitrogens with zero attached hydrogens (tertiary/aromatic N) is 1. The molecule has 0 aromatic rings. The first-order valence-electron chi connectivity index (χ1n) is 8.86. The van der Waals surface area contributed by atoms with Crippen LogP contribution < -0.4 is 5.32 Å². The Balaban J connectivity index is 1.76. The number of rotatable bonds is 4. The minimum Gasteiger partial charge on any atom is -0.335 e. The van der Waals surface area contributed by atoms with Gasteiger partial charge in [-0.1, -0.05) is 32.4 Å². The maximum atomic E-state index is 12.3. The number of imide groups is 1. The van der Waals surface area contributed by atoms with Gasteiger partial charge in [0.25, 0.3) is 0 Å². The maximum absolute atomic E-state index is 12.3. The van der Waals surface area contributed by atoms with E-state index in [2.05, 4.69) is 19.2 Å². The molecule has 1 aliphatic carbocycles. The molecule has 0 bridgehead atoms. The van der Waals surface area contributed by atoms with Crippen molar-refractivity contribution in [1.82, 2.24) is 10.2 Å². The number of hydrogen-bond acceptors (Lipinski definition) is 2. The molecule has 1 saturated carbocycles. The largest absolute Gasteiger partial charge is 0.335 e. The highest BCUT2D eigenvalue weighted by Crippen LogP contribution is 2.30. The van der Waals surface area contributed by atoms with Crippen LogP contribution in [0, 0.1) is 11.8 Å². The summed E-state index contributed by atoms with van der Waals surface area (Å²) in [6.07, 6.45) is 12.1. The van der Waals surface area contributed by atoms with Gasteiger partial charge < -0.3 is 5.32 Å². The van der Waals surface area contributed by atoms with E-state index in [1.54, 1.807) is 0 Å². The number of carbonyl (C=O) groups is 2. The molecule has 1 unspecified atom stereocenters. The lowest BCUT2D eigenvalue weighted by atomic mass is 9.80. The van der Waals surface area contributed by atoms with Crippen LogP contribution in [0.2, 0.25) is 0 Å². The van der Waals surface area contributed by atoms with Gasteiger partial charge in [0.1, 0.15) is 0 Å². The number of urea groups is 1. The SMILES string of the molecule is CCC(C)CC1CCC(NC(=O)N2CC=CCCC2=O)CC1. The average molecular weight is 306 g/mol. The number of hydrogen-bond donors (Lipinski definition) is 1. The smallest absolute Gasteiger partial charge is 0.324 e. The van der Waals surface area contributed by atoms with E-state index in [9.17, 15) is 9.59 Å². The first-order chi connectivity index (χ1) is 10.6. The van der Waals surface area contributed by atoms with E-state index in [0.29, 0.717) is 13.0 Å². The van der Waals surface area contributed by atoms with Gasteiger partial charge in [0, 0.05) is 19.0 Å². The normalized spacial score (nSPS) is 27.4. The molecular formula is C18H30N2O2. The molecule has 0 radical (unpaired) electrons. The zero-order valence-corrected chi connectivity index (χ0v) is 14.0. The fraction of sp³-hybridized carbons (Fsp3) is 0.778. The first-order valence-corrected chi connectivity index (χ1v) is 8.86. The molecule has 4 heteroatoms. The summed E-state index contributed by atoms with van der Waals surface area (Å²) in [6, 6.07) is 0.0302. The topological polar surface area (TPSA) is 49.4 Å². The second kappa shape index (κ2) is 8.35. The van der Waals surface area contributed by atoms with Gasteiger partial charge in [0.15, 0.2) is 0 Å². The van der Waals surface area contributed by atoms with Crippen LogP contribution in [-0.4, -0.2) is 29.4 Å². The van der Waals surface area contributed by atoms with Gasteiger partial charge in [0.05, 0.1) is 0 Å². The summed E-state index contributed by atoms with van der Waals surface area (Å²) in [5.74, 6) is 1.55. The highest BCUT2D eigenvalue weighted by atomic mass is 16.2. The van der Waals surface area contributed by atoms with E-state index in [4.69, 9.17) is 0 Å². The average Bonchev–Trinajstić information content (AvgIpc) is 2.73. The van der Waals surface area contributed by atoms with Gasteiger partial charge in [-0.05, 0) is 50.4 Å². The van der Waals surface area contributed by atoms with Crippen molar-refractivity contribution in [3.63, 3.8) is 0 Å². The van der Waals surface area contributed by atoms with Crippen LogP contribution in [0.4, 0.5) is 4.79 Å². The summed E-state index contributed by atoms with van der Waals surface area (Å²) < 4.78 is 0. The number of nitrogens with one attached hydrogen (secondary N) is 1. The van der Waals surface area contributed by atoms with Crippen molar-refractivity contribution in [3.05, 3.63) is 12.2 Å². The van der Waals surface area contributed by atoms with E-state index in [1.807, 2.05) is 12.2 Å². The third-order valence-corrected chi connectivity index (χ3v) is 5.13. The third kappa shape index (κ3) is 4.85. The quantitative estimate of drug-likeness (QED) is 0.802. The molecule has 1 heterocycles. The highest BCUT2D eigenvalue weighted by Gasteiger charge is 2.27. The third-order valence-electron chi connectivity index (χ3n) is 5.13. The second-order valence-electron chi connectivity index (χ2n) is 6.93. The first kappa shape index (κ1) is 17.0. The minimum absolute atomic E-state index is 0.0621. The van der Waals surface area contributed by atoms with Gasteiger partial charge in [-0.3, -0.25) is 9.69 Å². The molecule has 0 saturated heterocycles. The van der Waals surface area contributed by atoms with Crippen LogP contribution in [0.5, 0.6) is 0 Å². The Morgan fingerprint density at radius 1 is 1.32 bits per heavy atom. The molecule has 4 nitrogen and oxygen atoms in total. The minimum atomic E-state index is -0.207. The van der Waals surface area contributed by atoms with Crippen LogP contribution in [0.25, 0.3) is 0 Å². The standard InChI is InChI=1S/C18H30N2O2/c1-3-14(2)13-15-8-10-16(11-9-15)19-18(22)20-12-6-4-5-7-17(20)21/h4,6,14-16H,3,5,7-13H2,1-2H3,(H,19,22). The predicted octanol–water partition coefficient (Wildman–Crippen LogP) is 3.87. The lowest BCUT2D eigenvalue weighted by molar-refractivity contribution is -0.127. The molecule has 1 aliphatic heterocycles. The Labute approximate surface area is 134 Å². The lowest BCUT2D eigenvalue weighted by Gasteiger charge is -2.31. The fourth-order valence-electron chi connectivity index (χ4n) is 3.47. The summed E-state index contributed by atoms with van der Waals surface area (Å²) in [4.78, 5) is 25.6. The molecule has 1 fully saturated rings. The van der Waals surface area contributed by atoms with E-state index in [0.717, 1.165) is 31.1 Å². The molecular weight excluding hydrogens is 276 g/mol. The molecule has 0 spiro atoms. The van der Waals surface area contributed by atoms with Gasteiger partial charge in [-0.2, -0.15) is 0 Å². The highest BCUT2D eigenvalue weighted by molar-refractivity contribution is 5.95. The number of allylic oxidation sites excluding steroid dienone is 1. The van der Waals surface area contributed by atoms with Crippen molar-refractivity contribution in [3.8, 4) is 0 Å². The summed E-state index contributed by atoms with van der Waals surface area (Å²) >= 11 is 0. The lowest BCUT2D eigenvalue weighted by Crippen LogP contribution is -2.48. The molecule has 2 aliphatic rings. The van der Waals surface area contributed by atoms with Crippen LogP contribution in [0.15, 0.2) is 12.2 Å². The van der Waals surface area contributed by atoms with Gasteiger partial charge >= 0.3 is 6.03 Å². The predicted molar refractivity (Wildman–Crippen MR) is 88.4 cm³/mol. The van der Waals surface area contributed by atoms with Crippen LogP contribution in [0.3, 0.4) is 0 Å². The zero-order valence-electron chi connectivity index (χ0n) is 14.0. The van der Waals surface area contributed by atoms with Gasteiger partial charge in [0.2, 0.25) is 5.91 Å². The van der Waals surface area contributed by atoms with Gasteiger partial charge in [-0.15, -0.1) is 0 Å². The zero-order chi connectivity index (χ0) is 15.9. The maximum Gasteiger partial charge on any atom is 0.324 e. The van der Waals surface area contributed by atoms with Crippen molar-refractivity contribution in [2.75, 3.05) is 6.54 Å². The van der Waals surface area contributed by atoms with Crippen LogP contribution in [0.1, 0.15) is 65.2 Å². The summed E-state index contributed by atoms with van der Waals surface area (Å²) in [7, 11) is 0. The van der Waals surface area contributed by atoms with Crippen LogP contribution in [-0.2, 0) is 4.79 Å². The Morgan fingerprint density at radius 2 is 2.05 bits per heavy atom. The van der Waals surface area contributed by atoms with Crippen LogP contribution >= 0.6 is 0 Å². The molecule has 2 rings (SSSR count). The van der Waals surface area contributed by atoms with Gasteiger partial charge in [-0.25, -0.2) is 4.79 Å². The summed E-state index contributed by atoms with van der Waals surface area (Å²) in [6.45, 7) is 4.99. The Bertz CT molecular complexity index is 411. The Hall–Kier alpha value is -1.32. The number of amides is 3. The summed E-state index contributed by atoms with van der Waals surface area (Å²) in [5.41, 5.74) is 0. The van der Waals surface area contributed by atoms with Crippen molar-refractivity contribution in [1.29, 1.82) is 0 Å². The van der Waals surface area contributed by atoms with E-state index in [1.165, 1.54) is 30.6 Å². The van der Waals surface area contributed by atoms with Crippen molar-refractivity contribution in [2.45, 2.75) is 71.3 Å². The van der Waals surface area contributed by atoms with E-state index < -0.39 is 0 Å². The Morgan fingerprint density at radius 3 is 2.73 bits per heavy atom. The molecule has 0 aromatic carbocycles. The monoisotopic (exact) mass is 306 g/mol. The second-order valence-corrected chi connectivity index (χ2v) is 6.93. The Kier molecular flexibility index (Phi) is 6.47. The van der Waals surface area contributed by atoms with Crippen molar-refractivity contribution < 1.29 is 9.59 Å². The molecule has 1 atom stereocenters. The molecule has 124 valence electrons. The fourth-order valence-corrected chi connectivity index (χ4v) is 3.47.